The van der Waals surface area contributed by atoms with Crippen molar-refractivity contribution < 1.29 is 17.9 Å². The molecule has 1 amide bonds. The number of methoxy groups -OCH3 is 1. The van der Waals surface area contributed by atoms with Gasteiger partial charge in [-0.05, 0) is 12.3 Å². The Hall–Kier alpha value is -1.12. The highest BCUT2D eigenvalue weighted by atomic mass is 35.7. The third-order valence-corrected chi connectivity index (χ3v) is 4.34. The van der Waals surface area contributed by atoms with Crippen LogP contribution in [0.2, 0.25) is 0 Å². The van der Waals surface area contributed by atoms with Gasteiger partial charge in [0.1, 0.15) is 4.90 Å². The van der Waals surface area contributed by atoms with Gasteiger partial charge in [-0.1, -0.05) is 20.8 Å². The Morgan fingerprint density at radius 1 is 1.48 bits per heavy atom. The van der Waals surface area contributed by atoms with Gasteiger partial charge in [0.2, 0.25) is 0 Å². The zero-order chi connectivity index (χ0) is 16.2. The van der Waals surface area contributed by atoms with Gasteiger partial charge < -0.3 is 10.1 Å². The monoisotopic (exact) mass is 337 g/mol. The molecule has 9 heteroatoms. The van der Waals surface area contributed by atoms with Crippen molar-refractivity contribution in [1.29, 1.82) is 0 Å². The predicted octanol–water partition coefficient (Wildman–Crippen LogP) is 1.62. The van der Waals surface area contributed by atoms with Gasteiger partial charge in [0.05, 0.1) is 18.3 Å². The lowest BCUT2D eigenvalue weighted by Gasteiger charge is -2.15. The molecule has 0 fully saturated rings. The first-order valence-electron chi connectivity index (χ1n) is 6.55. The molecule has 1 aromatic rings. The molecule has 0 aliphatic heterocycles. The van der Waals surface area contributed by atoms with E-state index in [0.29, 0.717) is 18.7 Å². The van der Waals surface area contributed by atoms with Crippen LogP contribution < -0.4 is 5.32 Å². The Balaban J connectivity index is 3.16. The zero-order valence-electron chi connectivity index (χ0n) is 12.4. The summed E-state index contributed by atoms with van der Waals surface area (Å²) in [6.07, 6.45) is 0.643. The number of halogens is 1. The average Bonchev–Trinajstić information content (AvgIpc) is 2.82. The number of amides is 1. The lowest BCUT2D eigenvalue weighted by molar-refractivity contribution is 0.0886. The van der Waals surface area contributed by atoms with Gasteiger partial charge in [-0.15, -0.1) is 0 Å². The Morgan fingerprint density at radius 2 is 2.10 bits per heavy atom. The summed E-state index contributed by atoms with van der Waals surface area (Å²) >= 11 is 0. The summed E-state index contributed by atoms with van der Waals surface area (Å²) in [6.45, 7) is 5.76. The molecule has 0 radical (unpaired) electrons. The first-order valence-corrected chi connectivity index (χ1v) is 8.86. The molecule has 1 rings (SSSR count). The second-order valence-corrected chi connectivity index (χ2v) is 7.44. The van der Waals surface area contributed by atoms with Crippen molar-refractivity contribution in [2.45, 2.75) is 44.0 Å². The molecule has 1 heterocycles. The Labute approximate surface area is 128 Å². The second-order valence-electron chi connectivity index (χ2n) is 4.94. The van der Waals surface area contributed by atoms with E-state index in [1.54, 1.807) is 13.8 Å². The van der Waals surface area contributed by atoms with Crippen molar-refractivity contribution in [2.24, 2.45) is 0 Å². The molecule has 0 bridgehead atoms. The summed E-state index contributed by atoms with van der Waals surface area (Å²) in [7, 11) is 2.88. The minimum Gasteiger partial charge on any atom is -0.383 e. The molecule has 21 heavy (non-hydrogen) atoms. The van der Waals surface area contributed by atoms with Crippen LogP contribution in [-0.2, 0) is 13.8 Å². The van der Waals surface area contributed by atoms with Crippen molar-refractivity contribution in [3.63, 3.8) is 0 Å². The molecule has 0 spiro atoms. The Kier molecular flexibility index (Phi) is 6.18. The van der Waals surface area contributed by atoms with Crippen LogP contribution in [0.15, 0.2) is 4.90 Å². The number of rotatable bonds is 7. The number of hydrogen-bond donors (Lipinski definition) is 2. The van der Waals surface area contributed by atoms with E-state index in [1.807, 2.05) is 6.92 Å². The van der Waals surface area contributed by atoms with E-state index in [9.17, 15) is 13.2 Å². The predicted molar refractivity (Wildman–Crippen MR) is 79.1 cm³/mol. The van der Waals surface area contributed by atoms with Crippen LogP contribution in [0.5, 0.6) is 0 Å². The maximum absolute atomic E-state index is 12.2. The van der Waals surface area contributed by atoms with E-state index in [2.05, 4.69) is 15.5 Å². The van der Waals surface area contributed by atoms with Gasteiger partial charge in [0.25, 0.3) is 15.0 Å². The van der Waals surface area contributed by atoms with E-state index in [-0.39, 0.29) is 22.5 Å². The molecule has 1 aromatic heterocycles. The van der Waals surface area contributed by atoms with Gasteiger partial charge in [-0.25, -0.2) is 8.42 Å². The molecule has 2 N–H and O–H groups in total. The molecule has 1 unspecified atom stereocenters. The van der Waals surface area contributed by atoms with Crippen LogP contribution in [0.1, 0.15) is 49.3 Å². The Morgan fingerprint density at radius 3 is 2.52 bits per heavy atom. The molecule has 0 saturated carbocycles. The first-order chi connectivity index (χ1) is 9.72. The van der Waals surface area contributed by atoms with Crippen LogP contribution in [0, 0.1) is 0 Å². The zero-order valence-corrected chi connectivity index (χ0v) is 14.0. The number of carbonyl (C=O) groups excluding carboxylic acids is 1. The molecule has 0 aliphatic rings. The van der Waals surface area contributed by atoms with Crippen LogP contribution in [-0.4, -0.2) is 44.3 Å². The number of aromatic amines is 1. The van der Waals surface area contributed by atoms with Crippen molar-refractivity contribution >= 4 is 25.6 Å². The van der Waals surface area contributed by atoms with Crippen molar-refractivity contribution in [3.05, 3.63) is 11.4 Å². The van der Waals surface area contributed by atoms with E-state index in [1.165, 1.54) is 7.11 Å². The normalized spacial score (nSPS) is 13.4. The SMILES string of the molecule is CCC(COC)NC(=O)c1n[nH]c(C(C)C)c1S(=O)(=O)Cl. The second kappa shape index (κ2) is 7.24. The quantitative estimate of drug-likeness (QED) is 0.736. The van der Waals surface area contributed by atoms with Gasteiger partial charge >= 0.3 is 0 Å². The summed E-state index contributed by atoms with van der Waals surface area (Å²) in [4.78, 5) is 12.0. The van der Waals surface area contributed by atoms with Crippen molar-refractivity contribution in [2.75, 3.05) is 13.7 Å². The highest BCUT2D eigenvalue weighted by Gasteiger charge is 2.30. The number of H-pyrrole nitrogens is 1. The first kappa shape index (κ1) is 17.9. The smallest absolute Gasteiger partial charge is 0.273 e. The lowest BCUT2D eigenvalue weighted by Crippen LogP contribution is -2.38. The summed E-state index contributed by atoms with van der Waals surface area (Å²) in [5.41, 5.74) is 0.0955. The van der Waals surface area contributed by atoms with Gasteiger partial charge in [0.15, 0.2) is 5.69 Å². The van der Waals surface area contributed by atoms with Crippen molar-refractivity contribution in [3.8, 4) is 0 Å². The van der Waals surface area contributed by atoms with E-state index in [4.69, 9.17) is 15.4 Å². The van der Waals surface area contributed by atoms with Crippen molar-refractivity contribution in [1.82, 2.24) is 15.5 Å². The molecule has 0 saturated heterocycles. The largest absolute Gasteiger partial charge is 0.383 e. The van der Waals surface area contributed by atoms with E-state index < -0.39 is 15.0 Å². The van der Waals surface area contributed by atoms with E-state index in [0.717, 1.165) is 0 Å². The van der Waals surface area contributed by atoms with Crippen LogP contribution in [0.3, 0.4) is 0 Å². The summed E-state index contributed by atoms with van der Waals surface area (Å²) in [5.74, 6) is -0.759. The summed E-state index contributed by atoms with van der Waals surface area (Å²) in [6, 6.07) is -0.229. The Bertz CT molecular complexity index is 598. The topological polar surface area (TPSA) is 101 Å². The average molecular weight is 338 g/mol. The molecular formula is C12H20ClN3O4S. The minimum atomic E-state index is -4.08. The fourth-order valence-electron chi connectivity index (χ4n) is 1.85. The molecule has 0 aliphatic carbocycles. The van der Waals surface area contributed by atoms with Crippen LogP contribution in [0.4, 0.5) is 0 Å². The molecule has 0 aromatic carbocycles. The number of carbonyl (C=O) groups is 1. The van der Waals surface area contributed by atoms with Crippen LogP contribution in [0.25, 0.3) is 0 Å². The number of hydrogen-bond acceptors (Lipinski definition) is 5. The number of nitrogens with zero attached hydrogens (tertiary/aromatic N) is 1. The molecule has 7 nitrogen and oxygen atoms in total. The van der Waals surface area contributed by atoms with Gasteiger partial charge in [-0.3, -0.25) is 9.89 Å². The molecule has 120 valence electrons. The molecule has 1 atom stereocenters. The standard InChI is InChI=1S/C12H20ClN3O4S/c1-5-8(6-20-4)14-12(17)10-11(21(13,18)19)9(7(2)3)15-16-10/h7-8H,5-6H2,1-4H3,(H,14,17)(H,15,16). The van der Waals surface area contributed by atoms with E-state index >= 15 is 0 Å². The summed E-state index contributed by atoms with van der Waals surface area (Å²) in [5, 5.41) is 9.07. The van der Waals surface area contributed by atoms with Gasteiger partial charge in [0, 0.05) is 17.8 Å². The maximum atomic E-state index is 12.2. The number of ether oxygens (including phenoxy) is 1. The number of aromatic nitrogens is 2. The maximum Gasteiger partial charge on any atom is 0.273 e. The highest BCUT2D eigenvalue weighted by Crippen LogP contribution is 2.27. The van der Waals surface area contributed by atoms with Crippen LogP contribution >= 0.6 is 10.7 Å². The fourth-order valence-corrected chi connectivity index (χ4v) is 3.24. The minimum absolute atomic E-state index is 0.163. The highest BCUT2D eigenvalue weighted by molar-refractivity contribution is 8.13. The third-order valence-electron chi connectivity index (χ3n) is 2.98. The summed E-state index contributed by atoms with van der Waals surface area (Å²) < 4.78 is 28.4. The lowest BCUT2D eigenvalue weighted by atomic mass is 10.1. The molecular weight excluding hydrogens is 318 g/mol. The third kappa shape index (κ3) is 4.42. The van der Waals surface area contributed by atoms with Gasteiger partial charge in [-0.2, -0.15) is 5.10 Å². The fraction of sp³-hybridized carbons (Fsp3) is 0.667. The number of nitrogens with one attached hydrogen (secondary N) is 2.